The lowest BCUT2D eigenvalue weighted by molar-refractivity contribution is 0.228. The van der Waals surface area contributed by atoms with Crippen molar-refractivity contribution >= 4 is 0 Å². The Hall–Kier alpha value is -0.820. The Morgan fingerprint density at radius 3 is 2.19 bits per heavy atom. The maximum absolute atomic E-state index is 3.44. The van der Waals surface area contributed by atoms with Crippen LogP contribution in [0.15, 0.2) is 24.3 Å². The molecule has 2 rings (SSSR count). The second-order valence-electron chi connectivity index (χ2n) is 5.41. The van der Waals surface area contributed by atoms with Crippen molar-refractivity contribution < 1.29 is 0 Å². The second-order valence-corrected chi connectivity index (χ2v) is 5.41. The van der Waals surface area contributed by atoms with Gasteiger partial charge in [-0.15, -0.1) is 0 Å². The minimum Gasteiger partial charge on any atom is -0.317 e. The molecule has 1 aliphatic rings. The first-order chi connectivity index (χ1) is 7.72. The Balaban J connectivity index is 2.01. The van der Waals surface area contributed by atoms with E-state index >= 15 is 0 Å². The number of rotatable bonds is 3. The number of aryl methyl sites for hydroxylation is 1. The van der Waals surface area contributed by atoms with Gasteiger partial charge in [-0.05, 0) is 55.3 Å². The first-order valence-electron chi connectivity index (χ1n) is 6.50. The fourth-order valence-electron chi connectivity index (χ4n) is 2.59. The van der Waals surface area contributed by atoms with Crippen LogP contribution in [0.4, 0.5) is 0 Å². The highest BCUT2D eigenvalue weighted by molar-refractivity contribution is 5.23. The highest BCUT2D eigenvalue weighted by Gasteiger charge is 2.26. The van der Waals surface area contributed by atoms with E-state index in [0.717, 1.165) is 6.42 Å². The van der Waals surface area contributed by atoms with Crippen LogP contribution in [0.25, 0.3) is 0 Å². The monoisotopic (exact) mass is 217 g/mol. The molecule has 0 amide bonds. The molecule has 1 heterocycles. The molecule has 0 aromatic heterocycles. The van der Waals surface area contributed by atoms with Gasteiger partial charge in [0, 0.05) is 0 Å². The summed E-state index contributed by atoms with van der Waals surface area (Å²) in [6.07, 6.45) is 4.99. The Morgan fingerprint density at radius 1 is 1.06 bits per heavy atom. The Kier molecular flexibility index (Phi) is 3.65. The van der Waals surface area contributed by atoms with Gasteiger partial charge in [-0.1, -0.05) is 38.1 Å². The molecule has 0 unspecified atom stereocenters. The van der Waals surface area contributed by atoms with E-state index in [1.807, 2.05) is 0 Å². The van der Waals surface area contributed by atoms with Gasteiger partial charge in [-0.25, -0.2) is 0 Å². The second kappa shape index (κ2) is 5.01. The van der Waals surface area contributed by atoms with E-state index in [4.69, 9.17) is 0 Å². The summed E-state index contributed by atoms with van der Waals surface area (Å²) in [6, 6.07) is 9.18. The number of piperidine rings is 1. The van der Waals surface area contributed by atoms with Crippen LogP contribution in [0, 0.1) is 5.41 Å². The van der Waals surface area contributed by atoms with Crippen LogP contribution in [0.2, 0.25) is 0 Å². The lowest BCUT2D eigenvalue weighted by atomic mass is 9.76. The largest absolute Gasteiger partial charge is 0.317 e. The molecule has 0 radical (unpaired) electrons. The molecule has 0 spiro atoms. The quantitative estimate of drug-likeness (QED) is 0.820. The summed E-state index contributed by atoms with van der Waals surface area (Å²) in [7, 11) is 0. The number of hydrogen-bond acceptors (Lipinski definition) is 1. The van der Waals surface area contributed by atoms with E-state index in [1.165, 1.54) is 43.5 Å². The molecule has 1 saturated heterocycles. The summed E-state index contributed by atoms with van der Waals surface area (Å²) < 4.78 is 0. The molecule has 0 atom stereocenters. The van der Waals surface area contributed by atoms with Gasteiger partial charge in [-0.3, -0.25) is 0 Å². The van der Waals surface area contributed by atoms with Gasteiger partial charge in [-0.2, -0.15) is 0 Å². The Morgan fingerprint density at radius 2 is 1.62 bits per heavy atom. The average molecular weight is 217 g/mol. The molecular formula is C15H23N. The molecule has 1 aliphatic heterocycles. The van der Waals surface area contributed by atoms with Crippen molar-refractivity contribution in [3.05, 3.63) is 35.4 Å². The highest BCUT2D eigenvalue weighted by atomic mass is 14.9. The van der Waals surface area contributed by atoms with Crippen molar-refractivity contribution in [3.8, 4) is 0 Å². The lowest BCUT2D eigenvalue weighted by Gasteiger charge is -2.34. The summed E-state index contributed by atoms with van der Waals surface area (Å²) in [4.78, 5) is 0. The van der Waals surface area contributed by atoms with E-state index in [2.05, 4.69) is 43.4 Å². The number of hydrogen-bond donors (Lipinski definition) is 1. The van der Waals surface area contributed by atoms with Crippen LogP contribution in [0.1, 0.15) is 37.8 Å². The molecule has 1 aromatic carbocycles. The van der Waals surface area contributed by atoms with Gasteiger partial charge in [0.1, 0.15) is 0 Å². The summed E-state index contributed by atoms with van der Waals surface area (Å²) in [5.41, 5.74) is 3.46. The molecule has 0 bridgehead atoms. The molecule has 1 fully saturated rings. The molecule has 1 nitrogen and oxygen atoms in total. The van der Waals surface area contributed by atoms with E-state index in [9.17, 15) is 0 Å². The standard InChI is InChI=1S/C15H23N/c1-3-13-4-6-14(7-5-13)12-15(2)8-10-16-11-9-15/h4-7,16H,3,8-12H2,1-2H3. The SMILES string of the molecule is CCc1ccc(CC2(C)CCNCC2)cc1. The van der Waals surface area contributed by atoms with Crippen LogP contribution in [0.3, 0.4) is 0 Å². The molecular weight excluding hydrogens is 194 g/mol. The predicted octanol–water partition coefficient (Wildman–Crippen LogP) is 3.18. The third kappa shape index (κ3) is 2.85. The van der Waals surface area contributed by atoms with E-state index in [-0.39, 0.29) is 0 Å². The zero-order chi connectivity index (χ0) is 11.4. The average Bonchev–Trinajstić information content (AvgIpc) is 2.30. The van der Waals surface area contributed by atoms with Crippen molar-refractivity contribution in [2.45, 2.75) is 39.5 Å². The summed E-state index contributed by atoms with van der Waals surface area (Å²) in [6.45, 7) is 7.01. The third-order valence-electron chi connectivity index (χ3n) is 3.87. The fourth-order valence-corrected chi connectivity index (χ4v) is 2.59. The molecule has 1 aromatic rings. The molecule has 1 N–H and O–H groups in total. The van der Waals surface area contributed by atoms with Crippen LogP contribution >= 0.6 is 0 Å². The van der Waals surface area contributed by atoms with E-state index < -0.39 is 0 Å². The summed E-state index contributed by atoms with van der Waals surface area (Å²) >= 11 is 0. The van der Waals surface area contributed by atoms with Crippen molar-refractivity contribution in [1.29, 1.82) is 0 Å². The van der Waals surface area contributed by atoms with Crippen LogP contribution in [-0.2, 0) is 12.8 Å². The molecule has 88 valence electrons. The smallest absolute Gasteiger partial charge is 0.00436 e. The van der Waals surface area contributed by atoms with Gasteiger partial charge >= 0.3 is 0 Å². The van der Waals surface area contributed by atoms with Gasteiger partial charge in [0.15, 0.2) is 0 Å². The van der Waals surface area contributed by atoms with Crippen LogP contribution in [-0.4, -0.2) is 13.1 Å². The van der Waals surface area contributed by atoms with Gasteiger partial charge in [0.25, 0.3) is 0 Å². The van der Waals surface area contributed by atoms with Gasteiger partial charge in [0.2, 0.25) is 0 Å². The van der Waals surface area contributed by atoms with Crippen LogP contribution in [0.5, 0.6) is 0 Å². The normalized spacial score (nSPS) is 19.6. The maximum atomic E-state index is 3.44. The van der Waals surface area contributed by atoms with Gasteiger partial charge in [0.05, 0.1) is 0 Å². The zero-order valence-electron chi connectivity index (χ0n) is 10.6. The van der Waals surface area contributed by atoms with Gasteiger partial charge < -0.3 is 5.32 Å². The fraction of sp³-hybridized carbons (Fsp3) is 0.600. The highest BCUT2D eigenvalue weighted by Crippen LogP contribution is 2.32. The summed E-state index contributed by atoms with van der Waals surface area (Å²) in [5, 5.41) is 3.44. The van der Waals surface area contributed by atoms with E-state index in [0.29, 0.717) is 5.41 Å². The topological polar surface area (TPSA) is 12.0 Å². The van der Waals surface area contributed by atoms with Crippen molar-refractivity contribution in [3.63, 3.8) is 0 Å². The van der Waals surface area contributed by atoms with Crippen molar-refractivity contribution in [1.82, 2.24) is 5.32 Å². The number of nitrogens with one attached hydrogen (secondary N) is 1. The first-order valence-corrected chi connectivity index (χ1v) is 6.50. The summed E-state index contributed by atoms with van der Waals surface area (Å²) in [5.74, 6) is 0. The predicted molar refractivity (Wildman–Crippen MR) is 69.7 cm³/mol. The molecule has 16 heavy (non-hydrogen) atoms. The van der Waals surface area contributed by atoms with Crippen molar-refractivity contribution in [2.75, 3.05) is 13.1 Å². The minimum atomic E-state index is 0.513. The first kappa shape index (κ1) is 11.7. The Labute approximate surface area is 99.3 Å². The zero-order valence-corrected chi connectivity index (χ0v) is 10.6. The molecule has 0 aliphatic carbocycles. The third-order valence-corrected chi connectivity index (χ3v) is 3.87. The lowest BCUT2D eigenvalue weighted by Crippen LogP contribution is -2.36. The number of benzene rings is 1. The minimum absolute atomic E-state index is 0.513. The Bertz CT molecular complexity index is 320. The molecule has 0 saturated carbocycles. The van der Waals surface area contributed by atoms with Crippen molar-refractivity contribution in [2.24, 2.45) is 5.41 Å². The van der Waals surface area contributed by atoms with Crippen LogP contribution < -0.4 is 5.32 Å². The maximum Gasteiger partial charge on any atom is -0.00436 e. The molecule has 1 heteroatoms. The van der Waals surface area contributed by atoms with E-state index in [1.54, 1.807) is 0 Å².